The number of fused-ring (bicyclic) bond motifs is 1. The normalized spacial score (nSPS) is 17.6. The molecule has 1 atom stereocenters. The highest BCUT2D eigenvalue weighted by Gasteiger charge is 2.24. The van der Waals surface area contributed by atoms with Crippen molar-refractivity contribution in [2.75, 3.05) is 5.32 Å². The second-order valence-corrected chi connectivity index (χ2v) is 4.63. The van der Waals surface area contributed by atoms with E-state index in [1.165, 1.54) is 18.5 Å². The van der Waals surface area contributed by atoms with Gasteiger partial charge >= 0.3 is 5.69 Å². The van der Waals surface area contributed by atoms with Crippen LogP contribution in [-0.2, 0) is 13.0 Å². The number of nitrogens with zero attached hydrogens (tertiary/aromatic N) is 4. The first-order chi connectivity index (χ1) is 9.65. The number of aromatic nitrogens is 3. The number of hydrogen-bond acceptors (Lipinski definition) is 5. The fourth-order valence-electron chi connectivity index (χ4n) is 2.39. The van der Waals surface area contributed by atoms with Crippen molar-refractivity contribution < 1.29 is 9.31 Å². The van der Waals surface area contributed by atoms with Gasteiger partial charge in [-0.2, -0.15) is 9.49 Å². The molecule has 7 nitrogen and oxygen atoms in total. The first-order valence-electron chi connectivity index (χ1n) is 6.21. The van der Waals surface area contributed by atoms with Crippen LogP contribution < -0.4 is 5.32 Å². The summed E-state index contributed by atoms with van der Waals surface area (Å²) in [4.78, 5) is 14.3. The van der Waals surface area contributed by atoms with Gasteiger partial charge in [-0.1, -0.05) is 6.07 Å². The average molecular weight is 277 g/mol. The van der Waals surface area contributed by atoms with Crippen LogP contribution in [0.15, 0.2) is 24.5 Å². The van der Waals surface area contributed by atoms with Crippen LogP contribution >= 0.6 is 0 Å². The van der Waals surface area contributed by atoms with Crippen LogP contribution in [0.1, 0.15) is 12.2 Å². The second-order valence-electron chi connectivity index (χ2n) is 4.63. The number of anilines is 1. The zero-order chi connectivity index (χ0) is 14.1. The number of benzene rings is 1. The Morgan fingerprint density at radius 2 is 2.35 bits per heavy atom. The molecule has 2 aromatic rings. The van der Waals surface area contributed by atoms with Gasteiger partial charge in [0, 0.05) is 12.5 Å². The van der Waals surface area contributed by atoms with Gasteiger partial charge in [-0.05, 0) is 18.6 Å². The Bertz CT molecular complexity index is 657. The molecule has 1 N–H and O–H groups in total. The summed E-state index contributed by atoms with van der Waals surface area (Å²) < 4.78 is 15.3. The molecule has 104 valence electrons. The number of nitrogens with one attached hydrogen (secondary N) is 1. The Balaban J connectivity index is 1.83. The van der Waals surface area contributed by atoms with Crippen molar-refractivity contribution in [3.8, 4) is 0 Å². The Morgan fingerprint density at radius 3 is 3.15 bits per heavy atom. The Kier molecular flexibility index (Phi) is 3.05. The summed E-state index contributed by atoms with van der Waals surface area (Å²) in [7, 11) is 0. The SMILES string of the molecule is O=[N+]([O-])c1c(F)cccc1NC1CCc2ncnn2C1. The van der Waals surface area contributed by atoms with Crippen LogP contribution in [0.25, 0.3) is 0 Å². The summed E-state index contributed by atoms with van der Waals surface area (Å²) in [5.74, 6) is 0.0639. The van der Waals surface area contributed by atoms with Gasteiger partial charge in [-0.25, -0.2) is 9.67 Å². The van der Waals surface area contributed by atoms with Crippen LogP contribution in [0.3, 0.4) is 0 Å². The molecule has 0 bridgehead atoms. The van der Waals surface area contributed by atoms with E-state index in [-0.39, 0.29) is 11.7 Å². The fourth-order valence-corrected chi connectivity index (χ4v) is 2.39. The predicted octanol–water partition coefficient (Wildman–Crippen LogP) is 1.75. The number of rotatable bonds is 3. The molecule has 0 amide bonds. The third-order valence-electron chi connectivity index (χ3n) is 3.33. The minimum absolute atomic E-state index is 0.0373. The second kappa shape index (κ2) is 4.87. The molecule has 8 heteroatoms. The van der Waals surface area contributed by atoms with Crippen molar-refractivity contribution in [3.63, 3.8) is 0 Å². The Labute approximate surface area is 113 Å². The fraction of sp³-hybridized carbons (Fsp3) is 0.333. The van der Waals surface area contributed by atoms with Crippen LogP contribution in [-0.4, -0.2) is 25.7 Å². The van der Waals surface area contributed by atoms with Crippen LogP contribution in [0.5, 0.6) is 0 Å². The molecule has 3 rings (SSSR count). The molecule has 2 heterocycles. The van der Waals surface area contributed by atoms with Gasteiger partial charge in [0.05, 0.1) is 11.5 Å². The first-order valence-corrected chi connectivity index (χ1v) is 6.21. The Hall–Kier alpha value is -2.51. The number of halogens is 1. The summed E-state index contributed by atoms with van der Waals surface area (Å²) in [5.41, 5.74) is -0.319. The molecule has 1 aliphatic heterocycles. The van der Waals surface area contributed by atoms with Gasteiger partial charge in [0.2, 0.25) is 5.82 Å². The topological polar surface area (TPSA) is 85.9 Å². The molecule has 0 radical (unpaired) electrons. The van der Waals surface area contributed by atoms with E-state index >= 15 is 0 Å². The maximum absolute atomic E-state index is 13.5. The van der Waals surface area contributed by atoms with Crippen molar-refractivity contribution in [2.45, 2.75) is 25.4 Å². The summed E-state index contributed by atoms with van der Waals surface area (Å²) >= 11 is 0. The molecular weight excluding hydrogens is 265 g/mol. The molecule has 0 saturated carbocycles. The molecule has 0 aliphatic carbocycles. The molecular formula is C12H12FN5O2. The Morgan fingerprint density at radius 1 is 1.50 bits per heavy atom. The summed E-state index contributed by atoms with van der Waals surface area (Å²) in [6.07, 6.45) is 3.00. The number of aryl methyl sites for hydroxylation is 1. The van der Waals surface area contributed by atoms with Crippen LogP contribution in [0.2, 0.25) is 0 Å². The monoisotopic (exact) mass is 277 g/mol. The van der Waals surface area contributed by atoms with Gasteiger partial charge in [-0.3, -0.25) is 10.1 Å². The van der Waals surface area contributed by atoms with E-state index in [4.69, 9.17) is 0 Å². The highest BCUT2D eigenvalue weighted by atomic mass is 19.1. The van der Waals surface area contributed by atoms with E-state index in [9.17, 15) is 14.5 Å². The summed E-state index contributed by atoms with van der Waals surface area (Å²) in [6.45, 7) is 0.559. The molecule has 1 aliphatic rings. The maximum Gasteiger partial charge on any atom is 0.327 e. The van der Waals surface area contributed by atoms with Crippen molar-refractivity contribution in [1.29, 1.82) is 0 Å². The van der Waals surface area contributed by atoms with Gasteiger partial charge in [0.1, 0.15) is 17.8 Å². The standard InChI is InChI=1S/C12H12FN5O2/c13-9-2-1-3-10(12(9)18(19)20)16-8-4-5-11-14-7-15-17(11)6-8/h1-3,7-8,16H,4-6H2. The lowest BCUT2D eigenvalue weighted by Gasteiger charge is -2.24. The number of nitro benzene ring substituents is 1. The minimum atomic E-state index is -0.836. The van der Waals surface area contributed by atoms with E-state index in [1.807, 2.05) is 0 Å². The van der Waals surface area contributed by atoms with E-state index in [1.54, 1.807) is 4.68 Å². The van der Waals surface area contributed by atoms with E-state index in [0.717, 1.165) is 24.7 Å². The lowest BCUT2D eigenvalue weighted by atomic mass is 10.1. The van der Waals surface area contributed by atoms with E-state index < -0.39 is 16.4 Å². The molecule has 0 fully saturated rings. The molecule has 1 unspecified atom stereocenters. The number of para-hydroxylation sites is 1. The minimum Gasteiger partial charge on any atom is -0.375 e. The number of hydrogen-bond donors (Lipinski definition) is 1. The molecule has 20 heavy (non-hydrogen) atoms. The quantitative estimate of drug-likeness (QED) is 0.682. The van der Waals surface area contributed by atoms with Gasteiger partial charge in [-0.15, -0.1) is 0 Å². The van der Waals surface area contributed by atoms with Crippen molar-refractivity contribution in [2.24, 2.45) is 0 Å². The van der Waals surface area contributed by atoms with E-state index in [2.05, 4.69) is 15.4 Å². The molecule has 1 aromatic heterocycles. The first kappa shape index (κ1) is 12.5. The summed E-state index contributed by atoms with van der Waals surface area (Å²) in [5, 5.41) is 18.1. The molecule has 0 saturated heterocycles. The largest absolute Gasteiger partial charge is 0.375 e. The smallest absolute Gasteiger partial charge is 0.327 e. The lowest BCUT2D eigenvalue weighted by Crippen LogP contribution is -2.32. The van der Waals surface area contributed by atoms with Gasteiger partial charge in [0.25, 0.3) is 0 Å². The van der Waals surface area contributed by atoms with Crippen LogP contribution in [0.4, 0.5) is 15.8 Å². The lowest BCUT2D eigenvalue weighted by molar-refractivity contribution is -0.386. The number of nitro groups is 1. The third kappa shape index (κ3) is 2.20. The van der Waals surface area contributed by atoms with Gasteiger partial charge < -0.3 is 5.32 Å². The maximum atomic E-state index is 13.5. The van der Waals surface area contributed by atoms with Crippen molar-refractivity contribution in [1.82, 2.24) is 14.8 Å². The third-order valence-corrected chi connectivity index (χ3v) is 3.33. The summed E-state index contributed by atoms with van der Waals surface area (Å²) in [6, 6.07) is 4.01. The molecule has 0 spiro atoms. The predicted molar refractivity (Wildman–Crippen MR) is 68.8 cm³/mol. The van der Waals surface area contributed by atoms with Crippen molar-refractivity contribution >= 4 is 11.4 Å². The zero-order valence-electron chi connectivity index (χ0n) is 10.5. The highest BCUT2D eigenvalue weighted by Crippen LogP contribution is 2.29. The van der Waals surface area contributed by atoms with Gasteiger partial charge in [0.15, 0.2) is 0 Å². The van der Waals surface area contributed by atoms with E-state index in [0.29, 0.717) is 6.54 Å². The zero-order valence-corrected chi connectivity index (χ0v) is 10.5. The highest BCUT2D eigenvalue weighted by molar-refractivity contribution is 5.62. The van der Waals surface area contributed by atoms with Crippen LogP contribution in [0, 0.1) is 15.9 Å². The molecule has 1 aromatic carbocycles. The average Bonchev–Trinajstić information content (AvgIpc) is 2.85. The van der Waals surface area contributed by atoms with Crippen molar-refractivity contribution in [3.05, 3.63) is 46.3 Å².